The first-order valence-electron chi connectivity index (χ1n) is 21.1. The molecule has 0 saturated carbocycles. The highest BCUT2D eigenvalue weighted by Crippen LogP contribution is 2.05. The van der Waals surface area contributed by atoms with Crippen LogP contribution in [0.5, 0.6) is 0 Å². The molecule has 3 heterocycles. The first-order chi connectivity index (χ1) is 31.0. The molecule has 3 fully saturated rings. The van der Waals surface area contributed by atoms with E-state index in [9.17, 15) is 38.4 Å². The van der Waals surface area contributed by atoms with Crippen molar-refractivity contribution in [2.24, 2.45) is 40.1 Å². The largest absolute Gasteiger partial charge is 0.480 e. The first-order valence-corrected chi connectivity index (χ1v) is 21.1. The molecule has 26 nitrogen and oxygen atoms in total. The van der Waals surface area contributed by atoms with Gasteiger partial charge in [-0.15, -0.1) is 0 Å². The van der Waals surface area contributed by atoms with Crippen molar-refractivity contribution in [1.82, 2.24) is 16.0 Å². The van der Waals surface area contributed by atoms with Gasteiger partial charge in [0, 0.05) is 0 Å². The molecule has 0 aromatic heterocycles. The van der Waals surface area contributed by atoms with Crippen molar-refractivity contribution in [3.8, 4) is 0 Å². The van der Waals surface area contributed by atoms with Gasteiger partial charge in [-0.3, -0.25) is 38.4 Å². The van der Waals surface area contributed by atoms with Crippen molar-refractivity contribution in [2.45, 2.75) is 120 Å². The lowest BCUT2D eigenvalue weighted by Crippen LogP contribution is -2.32. The number of nitrogens with one attached hydrogen (secondary N) is 3. The van der Waals surface area contributed by atoms with E-state index in [1.807, 2.05) is 30.3 Å². The molecule has 25 N–H and O–H groups in total. The molecule has 3 aliphatic heterocycles. The van der Waals surface area contributed by atoms with E-state index in [1.165, 1.54) is 0 Å². The fraction of sp³-hybridized carbons (Fsp3) is 0.650. The van der Waals surface area contributed by atoms with Gasteiger partial charge in [0.05, 0.1) is 13.1 Å². The van der Waals surface area contributed by atoms with Gasteiger partial charge in [-0.05, 0) is 109 Å². The standard InChI is InChI=1S/C9H11NO2.2C6H14N2O2.3C5H9NO2.2C2H5NO2/c10-8(9(11)12)6-7-4-2-1-3-5-7;2*7-4-2-1-3-5(8)6(9)10;3*7-5(8)4-2-1-3-6-4;2*3-1-2(4)5/h1-5,8H,6,10H2,(H,11,12);2*5H,1-4,7-8H2,(H,9,10);3*4,6H,1-3H2,(H,7,8);2*1,3H2,(H,4,5)/t8-;2*5-;3*4-;;/m000000../s1. The molecule has 3 aliphatic rings. The SMILES string of the molecule is NCC(=O)O.NCC(=O)O.NCCCC[C@H](N)C(=O)O.NCCCC[C@H](N)C(=O)O.N[C@@H](Cc1ccccc1)C(=O)O.O=C(O)[C@@H]1CCCN1.O=C(O)[C@@H]1CCCN1.O=C(O)[C@@H]1CCCN1. The molecule has 3 saturated heterocycles. The smallest absolute Gasteiger partial charge is 0.320 e. The summed E-state index contributed by atoms with van der Waals surface area (Å²) in [6.07, 6.45) is 10.1. The van der Waals surface area contributed by atoms with Crippen LogP contribution in [0.3, 0.4) is 0 Å². The topological polar surface area (TPSA) is 517 Å². The highest BCUT2D eigenvalue weighted by Gasteiger charge is 2.21. The van der Waals surface area contributed by atoms with Gasteiger partial charge in [-0.2, -0.15) is 0 Å². The summed E-state index contributed by atoms with van der Waals surface area (Å²) in [5, 5.41) is 74.0. The number of rotatable bonds is 18. The highest BCUT2D eigenvalue weighted by atomic mass is 16.4. The zero-order valence-electron chi connectivity index (χ0n) is 37.4. The van der Waals surface area contributed by atoms with E-state index < -0.39 is 65.9 Å². The Hall–Kier alpha value is -5.42. The molecule has 0 unspecified atom stereocenters. The minimum atomic E-state index is -0.968. The third-order valence-electron chi connectivity index (χ3n) is 8.61. The Kier molecular flexibility index (Phi) is 45.6. The average Bonchev–Trinajstić information content (AvgIpc) is 4.11. The Labute approximate surface area is 384 Å². The third kappa shape index (κ3) is 45.2. The Balaban J connectivity index is -0.000000337. The van der Waals surface area contributed by atoms with Crippen molar-refractivity contribution in [2.75, 3.05) is 45.8 Å². The van der Waals surface area contributed by atoms with E-state index in [-0.39, 0.29) is 31.2 Å². The van der Waals surface area contributed by atoms with E-state index in [0.29, 0.717) is 32.4 Å². The van der Waals surface area contributed by atoms with Crippen LogP contribution in [-0.4, -0.2) is 171 Å². The molecule has 1 aromatic carbocycles. The normalized spacial score (nSPS) is 17.6. The van der Waals surface area contributed by atoms with Crippen molar-refractivity contribution >= 4 is 47.8 Å². The summed E-state index contributed by atoms with van der Waals surface area (Å²) in [5.74, 6) is -6.92. The van der Waals surface area contributed by atoms with Crippen LogP contribution >= 0.6 is 0 Å². The van der Waals surface area contributed by atoms with Crippen LogP contribution in [0, 0.1) is 0 Å². The molecule has 0 aliphatic carbocycles. The van der Waals surface area contributed by atoms with E-state index >= 15 is 0 Å². The van der Waals surface area contributed by atoms with E-state index in [2.05, 4.69) is 27.4 Å². The second-order valence-electron chi connectivity index (χ2n) is 14.3. The number of nitrogens with two attached hydrogens (primary N) is 7. The van der Waals surface area contributed by atoms with Crippen molar-refractivity contribution in [3.63, 3.8) is 0 Å². The summed E-state index contributed by atoms with van der Waals surface area (Å²) in [6.45, 7) is 3.23. The predicted octanol–water partition coefficient (Wildman–Crippen LogP) is -2.78. The van der Waals surface area contributed by atoms with Crippen LogP contribution in [-0.2, 0) is 44.8 Å². The Morgan fingerprint density at radius 1 is 0.485 bits per heavy atom. The van der Waals surface area contributed by atoms with Crippen LogP contribution in [0.2, 0.25) is 0 Å². The van der Waals surface area contributed by atoms with Crippen LogP contribution in [0.25, 0.3) is 0 Å². The molecule has 0 spiro atoms. The summed E-state index contributed by atoms with van der Waals surface area (Å²) in [4.78, 5) is 79.6. The van der Waals surface area contributed by atoms with Crippen LogP contribution < -0.4 is 56.1 Å². The van der Waals surface area contributed by atoms with E-state index in [0.717, 1.165) is 89.4 Å². The number of carboxylic acids is 8. The number of hydrogen-bond acceptors (Lipinski definition) is 18. The second-order valence-corrected chi connectivity index (χ2v) is 14.3. The van der Waals surface area contributed by atoms with Crippen molar-refractivity contribution < 1.29 is 79.2 Å². The Bertz CT molecular complexity index is 1360. The number of carboxylic acid groups (broad SMARTS) is 8. The predicted molar refractivity (Wildman–Crippen MR) is 242 cm³/mol. The van der Waals surface area contributed by atoms with Gasteiger partial charge >= 0.3 is 47.8 Å². The summed E-state index contributed by atoms with van der Waals surface area (Å²) in [5.41, 5.74) is 36.3. The third-order valence-corrected chi connectivity index (χ3v) is 8.61. The molecule has 382 valence electrons. The van der Waals surface area contributed by atoms with Crippen molar-refractivity contribution in [1.29, 1.82) is 0 Å². The lowest BCUT2D eigenvalue weighted by atomic mass is 10.1. The average molecular weight is 953 g/mol. The maximum absolute atomic E-state index is 10.4. The van der Waals surface area contributed by atoms with Crippen molar-refractivity contribution in [3.05, 3.63) is 35.9 Å². The maximum atomic E-state index is 10.4. The lowest BCUT2D eigenvalue weighted by molar-refractivity contribution is -0.140. The Morgan fingerprint density at radius 3 is 0.955 bits per heavy atom. The molecular formula is C40H76N10O16. The van der Waals surface area contributed by atoms with E-state index in [1.54, 1.807) is 0 Å². The van der Waals surface area contributed by atoms with Gasteiger partial charge in [0.25, 0.3) is 0 Å². The van der Waals surface area contributed by atoms with Gasteiger partial charge in [0.1, 0.15) is 36.3 Å². The molecular weight excluding hydrogens is 876 g/mol. The quantitative estimate of drug-likeness (QED) is 0.0662. The summed E-state index contributed by atoms with van der Waals surface area (Å²) in [6, 6.07) is 6.31. The highest BCUT2D eigenvalue weighted by molar-refractivity contribution is 5.75. The van der Waals surface area contributed by atoms with Gasteiger partial charge in [0.15, 0.2) is 0 Å². The van der Waals surface area contributed by atoms with Gasteiger partial charge in [-0.1, -0.05) is 43.2 Å². The zero-order chi connectivity index (χ0) is 51.5. The number of carbonyl (C=O) groups is 8. The van der Waals surface area contributed by atoms with Gasteiger partial charge in [0.2, 0.25) is 0 Å². The number of benzene rings is 1. The molecule has 6 atom stereocenters. The van der Waals surface area contributed by atoms with Crippen LogP contribution in [0.15, 0.2) is 30.3 Å². The van der Waals surface area contributed by atoms with E-state index in [4.69, 9.17) is 69.5 Å². The van der Waals surface area contributed by atoms with Crippen LogP contribution in [0.4, 0.5) is 0 Å². The van der Waals surface area contributed by atoms with Crippen LogP contribution in [0.1, 0.15) is 82.6 Å². The zero-order valence-corrected chi connectivity index (χ0v) is 37.4. The minimum Gasteiger partial charge on any atom is -0.480 e. The molecule has 4 rings (SSSR count). The molecule has 1 aromatic rings. The number of aliphatic carboxylic acids is 8. The number of unbranched alkanes of at least 4 members (excludes halogenated alkanes) is 2. The number of hydrogen-bond donors (Lipinski definition) is 18. The lowest BCUT2D eigenvalue weighted by Gasteiger charge is -2.04. The monoisotopic (exact) mass is 953 g/mol. The second kappa shape index (κ2) is 44.8. The minimum absolute atomic E-state index is 0.269. The van der Waals surface area contributed by atoms with Gasteiger partial charge in [-0.25, -0.2) is 0 Å². The summed E-state index contributed by atoms with van der Waals surface area (Å²) >= 11 is 0. The molecule has 26 heteroatoms. The fourth-order valence-electron chi connectivity index (χ4n) is 4.91. The summed E-state index contributed by atoms with van der Waals surface area (Å²) in [7, 11) is 0. The molecule has 66 heavy (non-hydrogen) atoms. The summed E-state index contributed by atoms with van der Waals surface area (Å²) < 4.78 is 0. The molecule has 0 amide bonds. The Morgan fingerprint density at radius 2 is 0.773 bits per heavy atom. The maximum Gasteiger partial charge on any atom is 0.320 e. The van der Waals surface area contributed by atoms with Gasteiger partial charge < -0.3 is 96.9 Å². The molecule has 0 bridgehead atoms. The fourth-order valence-corrected chi connectivity index (χ4v) is 4.91. The molecule has 0 radical (unpaired) electrons. The first kappa shape index (κ1) is 67.2.